The zero-order valence-electron chi connectivity index (χ0n) is 10.2. The molecular formula is C11H22N2O3. The van der Waals surface area contributed by atoms with Crippen LogP contribution in [-0.2, 0) is 14.3 Å². The summed E-state index contributed by atoms with van der Waals surface area (Å²) in [5, 5.41) is 3.01. The molecule has 0 radical (unpaired) electrons. The fourth-order valence-electron chi connectivity index (χ4n) is 1.16. The molecule has 0 fully saturated rings. The van der Waals surface area contributed by atoms with Crippen LogP contribution in [0.2, 0.25) is 0 Å². The van der Waals surface area contributed by atoms with Crippen LogP contribution in [0.1, 0.15) is 0 Å². The van der Waals surface area contributed by atoms with E-state index < -0.39 is 0 Å². The maximum atomic E-state index is 11.7. The summed E-state index contributed by atoms with van der Waals surface area (Å²) in [6.07, 6.45) is 1.71. The molecular weight excluding hydrogens is 208 g/mol. The molecule has 0 saturated heterocycles. The lowest BCUT2D eigenvalue weighted by Crippen LogP contribution is -2.40. The third-order valence-electron chi connectivity index (χ3n) is 2.03. The van der Waals surface area contributed by atoms with E-state index in [1.807, 2.05) is 0 Å². The Bertz CT molecular complexity index is 198. The van der Waals surface area contributed by atoms with Crippen LogP contribution < -0.4 is 5.32 Å². The number of rotatable bonds is 10. The highest BCUT2D eigenvalue weighted by molar-refractivity contribution is 5.78. The van der Waals surface area contributed by atoms with Crippen LogP contribution in [0.5, 0.6) is 0 Å². The smallest absolute Gasteiger partial charge is 0.236 e. The molecule has 94 valence electrons. The molecule has 0 aliphatic carbocycles. The highest BCUT2D eigenvalue weighted by Crippen LogP contribution is 1.90. The van der Waals surface area contributed by atoms with Crippen molar-refractivity contribution in [1.29, 1.82) is 0 Å². The molecule has 0 aliphatic rings. The molecule has 0 saturated carbocycles. The van der Waals surface area contributed by atoms with Crippen molar-refractivity contribution in [2.24, 2.45) is 0 Å². The molecule has 0 unspecified atom stereocenters. The van der Waals surface area contributed by atoms with E-state index in [0.29, 0.717) is 39.4 Å². The molecule has 1 N–H and O–H groups in total. The molecule has 0 rings (SSSR count). The summed E-state index contributed by atoms with van der Waals surface area (Å²) in [6, 6.07) is 0. The summed E-state index contributed by atoms with van der Waals surface area (Å²) >= 11 is 0. The van der Waals surface area contributed by atoms with Gasteiger partial charge in [-0.3, -0.25) is 4.79 Å². The molecule has 0 atom stereocenters. The maximum Gasteiger partial charge on any atom is 0.236 e. The first-order valence-corrected chi connectivity index (χ1v) is 5.33. The van der Waals surface area contributed by atoms with Crippen LogP contribution in [0.3, 0.4) is 0 Å². The minimum atomic E-state index is 0.0491. The van der Waals surface area contributed by atoms with E-state index in [-0.39, 0.29) is 5.91 Å². The topological polar surface area (TPSA) is 50.8 Å². The van der Waals surface area contributed by atoms with Gasteiger partial charge in [-0.15, -0.1) is 6.58 Å². The monoisotopic (exact) mass is 230 g/mol. The van der Waals surface area contributed by atoms with E-state index in [4.69, 9.17) is 9.47 Å². The lowest BCUT2D eigenvalue weighted by molar-refractivity contribution is -0.130. The van der Waals surface area contributed by atoms with Gasteiger partial charge in [-0.05, 0) is 0 Å². The van der Waals surface area contributed by atoms with Gasteiger partial charge in [-0.1, -0.05) is 6.08 Å². The SMILES string of the molecule is C=CCN(CCOC)C(=O)CNCCOC. The van der Waals surface area contributed by atoms with E-state index >= 15 is 0 Å². The molecule has 0 aromatic heterocycles. The molecule has 5 nitrogen and oxygen atoms in total. The van der Waals surface area contributed by atoms with Gasteiger partial charge in [0.1, 0.15) is 0 Å². The Labute approximate surface area is 97.4 Å². The van der Waals surface area contributed by atoms with Crippen LogP contribution in [0.25, 0.3) is 0 Å². The van der Waals surface area contributed by atoms with Gasteiger partial charge in [0.15, 0.2) is 0 Å². The zero-order valence-corrected chi connectivity index (χ0v) is 10.2. The highest BCUT2D eigenvalue weighted by atomic mass is 16.5. The Balaban J connectivity index is 3.81. The summed E-state index contributed by atoms with van der Waals surface area (Å²) in [5.74, 6) is 0.0491. The Morgan fingerprint density at radius 1 is 1.38 bits per heavy atom. The molecule has 0 aromatic rings. The van der Waals surface area contributed by atoms with E-state index in [0.717, 1.165) is 0 Å². The third-order valence-corrected chi connectivity index (χ3v) is 2.03. The van der Waals surface area contributed by atoms with Crippen molar-refractivity contribution in [2.75, 3.05) is 53.6 Å². The average Bonchev–Trinajstić information content (AvgIpc) is 2.29. The maximum absolute atomic E-state index is 11.7. The molecule has 0 heterocycles. The first-order valence-electron chi connectivity index (χ1n) is 5.33. The van der Waals surface area contributed by atoms with Crippen molar-refractivity contribution in [1.82, 2.24) is 10.2 Å². The normalized spacial score (nSPS) is 10.1. The predicted octanol–water partition coefficient (Wildman–Crippen LogP) is -0.117. The minimum absolute atomic E-state index is 0.0491. The molecule has 0 aliphatic heterocycles. The number of carbonyl (C=O) groups excluding carboxylic acids is 1. The standard InChI is InChI=1S/C11H22N2O3/c1-4-6-13(7-9-16-3)11(14)10-12-5-8-15-2/h4,12H,1,5-10H2,2-3H3. The van der Waals surface area contributed by atoms with E-state index in [9.17, 15) is 4.79 Å². The lowest BCUT2D eigenvalue weighted by atomic mass is 10.4. The van der Waals surface area contributed by atoms with Gasteiger partial charge in [0.25, 0.3) is 0 Å². The van der Waals surface area contributed by atoms with Crippen molar-refractivity contribution in [2.45, 2.75) is 0 Å². The van der Waals surface area contributed by atoms with Crippen molar-refractivity contribution < 1.29 is 14.3 Å². The van der Waals surface area contributed by atoms with Crippen LogP contribution in [0, 0.1) is 0 Å². The molecule has 0 bridgehead atoms. The van der Waals surface area contributed by atoms with Crippen molar-refractivity contribution in [3.63, 3.8) is 0 Å². The first-order chi connectivity index (χ1) is 7.76. The second kappa shape index (κ2) is 10.6. The largest absolute Gasteiger partial charge is 0.383 e. The third kappa shape index (κ3) is 7.39. The number of hydrogen-bond donors (Lipinski definition) is 1. The summed E-state index contributed by atoms with van der Waals surface area (Å²) < 4.78 is 9.82. The van der Waals surface area contributed by atoms with Gasteiger partial charge in [0.2, 0.25) is 5.91 Å². The number of carbonyl (C=O) groups is 1. The van der Waals surface area contributed by atoms with Gasteiger partial charge < -0.3 is 19.7 Å². The van der Waals surface area contributed by atoms with Crippen LogP contribution in [0.4, 0.5) is 0 Å². The zero-order chi connectivity index (χ0) is 12.2. The van der Waals surface area contributed by atoms with Crippen molar-refractivity contribution in [3.05, 3.63) is 12.7 Å². The number of nitrogens with one attached hydrogen (secondary N) is 1. The van der Waals surface area contributed by atoms with E-state index in [1.54, 1.807) is 25.2 Å². The summed E-state index contributed by atoms with van der Waals surface area (Å²) in [5.41, 5.74) is 0. The van der Waals surface area contributed by atoms with Gasteiger partial charge in [0.05, 0.1) is 19.8 Å². The summed E-state index contributed by atoms with van der Waals surface area (Å²) in [6.45, 7) is 6.90. The number of hydrogen-bond acceptors (Lipinski definition) is 4. The number of nitrogens with zero attached hydrogens (tertiary/aromatic N) is 1. The molecule has 0 aromatic carbocycles. The fraction of sp³-hybridized carbons (Fsp3) is 0.727. The Hall–Kier alpha value is -0.910. The van der Waals surface area contributed by atoms with Crippen molar-refractivity contribution in [3.8, 4) is 0 Å². The number of amides is 1. The Kier molecular flexibility index (Phi) is 10.00. The first kappa shape index (κ1) is 15.1. The number of ether oxygens (including phenoxy) is 2. The summed E-state index contributed by atoms with van der Waals surface area (Å²) in [7, 11) is 3.25. The second-order valence-corrected chi connectivity index (χ2v) is 3.29. The van der Waals surface area contributed by atoms with Crippen molar-refractivity contribution >= 4 is 5.91 Å². The van der Waals surface area contributed by atoms with Crippen LogP contribution in [-0.4, -0.2) is 64.4 Å². The number of methoxy groups -OCH3 is 2. The predicted molar refractivity (Wildman–Crippen MR) is 63.4 cm³/mol. The van der Waals surface area contributed by atoms with Crippen LogP contribution >= 0.6 is 0 Å². The quantitative estimate of drug-likeness (QED) is 0.420. The minimum Gasteiger partial charge on any atom is -0.383 e. The summed E-state index contributed by atoms with van der Waals surface area (Å²) in [4.78, 5) is 13.4. The van der Waals surface area contributed by atoms with Gasteiger partial charge in [-0.25, -0.2) is 0 Å². The average molecular weight is 230 g/mol. The van der Waals surface area contributed by atoms with Gasteiger partial charge in [0, 0.05) is 33.9 Å². The molecule has 5 heteroatoms. The van der Waals surface area contributed by atoms with Gasteiger partial charge >= 0.3 is 0 Å². The van der Waals surface area contributed by atoms with Gasteiger partial charge in [-0.2, -0.15) is 0 Å². The fourth-order valence-corrected chi connectivity index (χ4v) is 1.16. The lowest BCUT2D eigenvalue weighted by Gasteiger charge is -2.20. The second-order valence-electron chi connectivity index (χ2n) is 3.29. The van der Waals surface area contributed by atoms with Crippen LogP contribution in [0.15, 0.2) is 12.7 Å². The molecule has 16 heavy (non-hydrogen) atoms. The van der Waals surface area contributed by atoms with E-state index in [1.165, 1.54) is 0 Å². The highest BCUT2D eigenvalue weighted by Gasteiger charge is 2.10. The Morgan fingerprint density at radius 2 is 2.06 bits per heavy atom. The molecule has 0 spiro atoms. The van der Waals surface area contributed by atoms with E-state index in [2.05, 4.69) is 11.9 Å². The molecule has 1 amide bonds. The Morgan fingerprint density at radius 3 is 2.62 bits per heavy atom.